The summed E-state index contributed by atoms with van der Waals surface area (Å²) < 4.78 is 0. The second kappa shape index (κ2) is 7.30. The highest BCUT2D eigenvalue weighted by Gasteiger charge is 2.01. The predicted molar refractivity (Wildman–Crippen MR) is 63.3 cm³/mol. The summed E-state index contributed by atoms with van der Waals surface area (Å²) in [4.78, 5) is 11.5. The molecule has 1 aromatic rings. The first kappa shape index (κ1) is 12.1. The fourth-order valence-electron chi connectivity index (χ4n) is 1.29. The van der Waals surface area contributed by atoms with Crippen molar-refractivity contribution in [3.63, 3.8) is 0 Å². The van der Waals surface area contributed by atoms with E-state index in [-0.39, 0.29) is 5.91 Å². The Bertz CT molecular complexity index is 287. The van der Waals surface area contributed by atoms with E-state index in [0.29, 0.717) is 5.88 Å². The molecule has 0 unspecified atom stereocenters. The van der Waals surface area contributed by atoms with Gasteiger partial charge in [0.1, 0.15) is 0 Å². The van der Waals surface area contributed by atoms with Gasteiger partial charge in [0.25, 0.3) is 5.91 Å². The third-order valence-electron chi connectivity index (χ3n) is 2.13. The monoisotopic (exact) mass is 225 g/mol. The number of benzene rings is 1. The fourth-order valence-corrected chi connectivity index (χ4v) is 1.48. The Hall–Kier alpha value is -1.02. The van der Waals surface area contributed by atoms with E-state index in [4.69, 9.17) is 11.6 Å². The van der Waals surface area contributed by atoms with Gasteiger partial charge in [0.15, 0.2) is 0 Å². The summed E-state index contributed by atoms with van der Waals surface area (Å²) in [5, 5.41) is 2.88. The van der Waals surface area contributed by atoms with Gasteiger partial charge in [-0.1, -0.05) is 24.6 Å². The summed E-state index contributed by atoms with van der Waals surface area (Å²) in [6.45, 7) is 0.727. The van der Waals surface area contributed by atoms with Crippen molar-refractivity contribution in [1.82, 2.24) is 5.32 Å². The summed E-state index contributed by atoms with van der Waals surface area (Å²) >= 11 is 5.55. The second-order valence-electron chi connectivity index (χ2n) is 3.37. The normalized spacial score (nSPS) is 9.93. The van der Waals surface area contributed by atoms with Crippen molar-refractivity contribution in [2.75, 3.05) is 12.4 Å². The molecule has 1 aromatic carbocycles. The molecule has 0 aliphatic heterocycles. The highest BCUT2D eigenvalue weighted by Crippen LogP contribution is 1.99. The van der Waals surface area contributed by atoms with Crippen LogP contribution in [-0.4, -0.2) is 18.3 Å². The molecule has 1 amide bonds. The van der Waals surface area contributed by atoms with Gasteiger partial charge in [-0.05, 0) is 25.0 Å². The number of rotatable bonds is 6. The first-order valence-electron chi connectivity index (χ1n) is 5.24. The third kappa shape index (κ3) is 4.84. The average molecular weight is 226 g/mol. The van der Waals surface area contributed by atoms with Gasteiger partial charge in [0.2, 0.25) is 0 Å². The van der Waals surface area contributed by atoms with Gasteiger partial charge in [-0.25, -0.2) is 0 Å². The molecule has 82 valence electrons. The van der Waals surface area contributed by atoms with Gasteiger partial charge in [0, 0.05) is 18.0 Å². The van der Waals surface area contributed by atoms with Gasteiger partial charge in [-0.2, -0.15) is 0 Å². The Morgan fingerprint density at radius 1 is 1.13 bits per heavy atom. The van der Waals surface area contributed by atoms with Crippen LogP contribution in [0.15, 0.2) is 30.3 Å². The zero-order valence-electron chi connectivity index (χ0n) is 8.71. The van der Waals surface area contributed by atoms with E-state index in [1.54, 1.807) is 0 Å². The largest absolute Gasteiger partial charge is 0.352 e. The Morgan fingerprint density at radius 3 is 2.53 bits per heavy atom. The minimum atomic E-state index is 0.00136. The van der Waals surface area contributed by atoms with Crippen LogP contribution in [0.2, 0.25) is 0 Å². The SMILES string of the molecule is O=C(NCCCCCCl)c1ccccc1. The molecular weight excluding hydrogens is 210 g/mol. The summed E-state index contributed by atoms with van der Waals surface area (Å²) in [6.07, 6.45) is 3.08. The minimum Gasteiger partial charge on any atom is -0.352 e. The number of hydrogen-bond donors (Lipinski definition) is 1. The first-order chi connectivity index (χ1) is 7.34. The van der Waals surface area contributed by atoms with Crippen LogP contribution in [0.5, 0.6) is 0 Å². The number of carbonyl (C=O) groups is 1. The molecule has 0 saturated heterocycles. The smallest absolute Gasteiger partial charge is 0.251 e. The lowest BCUT2D eigenvalue weighted by molar-refractivity contribution is 0.0953. The van der Waals surface area contributed by atoms with E-state index in [2.05, 4.69) is 5.32 Å². The summed E-state index contributed by atoms with van der Waals surface area (Å²) in [5.74, 6) is 0.702. The molecule has 0 heterocycles. The summed E-state index contributed by atoms with van der Waals surface area (Å²) in [5.41, 5.74) is 0.717. The van der Waals surface area contributed by atoms with E-state index >= 15 is 0 Å². The van der Waals surface area contributed by atoms with E-state index in [0.717, 1.165) is 31.4 Å². The van der Waals surface area contributed by atoms with E-state index in [1.165, 1.54) is 0 Å². The Labute approximate surface area is 95.6 Å². The van der Waals surface area contributed by atoms with Crippen LogP contribution in [0.25, 0.3) is 0 Å². The van der Waals surface area contributed by atoms with Gasteiger partial charge in [-0.15, -0.1) is 11.6 Å². The predicted octanol–water partition coefficient (Wildman–Crippen LogP) is 2.83. The molecule has 0 atom stereocenters. The zero-order chi connectivity index (χ0) is 10.9. The van der Waals surface area contributed by atoms with Crippen LogP contribution in [0.4, 0.5) is 0 Å². The van der Waals surface area contributed by atoms with Crippen LogP contribution >= 0.6 is 11.6 Å². The van der Waals surface area contributed by atoms with Crippen LogP contribution in [0.3, 0.4) is 0 Å². The molecular formula is C12H16ClNO. The van der Waals surface area contributed by atoms with Gasteiger partial charge < -0.3 is 5.32 Å². The van der Waals surface area contributed by atoms with Crippen molar-refractivity contribution < 1.29 is 4.79 Å². The molecule has 0 bridgehead atoms. The number of hydrogen-bond acceptors (Lipinski definition) is 1. The maximum Gasteiger partial charge on any atom is 0.251 e. The average Bonchev–Trinajstić information content (AvgIpc) is 2.30. The fraction of sp³-hybridized carbons (Fsp3) is 0.417. The van der Waals surface area contributed by atoms with Crippen molar-refractivity contribution >= 4 is 17.5 Å². The van der Waals surface area contributed by atoms with Crippen LogP contribution in [-0.2, 0) is 0 Å². The molecule has 0 spiro atoms. The molecule has 1 rings (SSSR count). The molecule has 15 heavy (non-hydrogen) atoms. The Morgan fingerprint density at radius 2 is 1.87 bits per heavy atom. The number of amides is 1. The van der Waals surface area contributed by atoms with Crippen molar-refractivity contribution in [3.8, 4) is 0 Å². The Balaban J connectivity index is 2.20. The maximum absolute atomic E-state index is 11.5. The number of nitrogens with one attached hydrogen (secondary N) is 1. The molecule has 0 saturated carbocycles. The minimum absolute atomic E-state index is 0.00136. The third-order valence-corrected chi connectivity index (χ3v) is 2.40. The van der Waals surface area contributed by atoms with Gasteiger partial charge in [-0.3, -0.25) is 4.79 Å². The second-order valence-corrected chi connectivity index (χ2v) is 3.75. The molecule has 0 fully saturated rings. The first-order valence-corrected chi connectivity index (χ1v) is 5.77. The van der Waals surface area contributed by atoms with Gasteiger partial charge in [0.05, 0.1) is 0 Å². The highest BCUT2D eigenvalue weighted by molar-refractivity contribution is 6.17. The lowest BCUT2D eigenvalue weighted by atomic mass is 10.2. The van der Waals surface area contributed by atoms with Crippen LogP contribution in [0, 0.1) is 0 Å². The molecule has 1 N–H and O–H groups in total. The Kier molecular flexibility index (Phi) is 5.86. The number of halogens is 1. The van der Waals surface area contributed by atoms with Crippen molar-refractivity contribution in [1.29, 1.82) is 0 Å². The summed E-state index contributed by atoms with van der Waals surface area (Å²) in [7, 11) is 0. The van der Waals surface area contributed by atoms with Crippen molar-refractivity contribution in [3.05, 3.63) is 35.9 Å². The summed E-state index contributed by atoms with van der Waals surface area (Å²) in [6, 6.07) is 9.25. The molecule has 0 aromatic heterocycles. The molecule has 0 aliphatic rings. The van der Waals surface area contributed by atoms with E-state index in [1.807, 2.05) is 30.3 Å². The lowest BCUT2D eigenvalue weighted by Crippen LogP contribution is -2.24. The quantitative estimate of drug-likeness (QED) is 0.586. The lowest BCUT2D eigenvalue weighted by Gasteiger charge is -2.04. The van der Waals surface area contributed by atoms with Crippen molar-refractivity contribution in [2.45, 2.75) is 19.3 Å². The van der Waals surface area contributed by atoms with Crippen LogP contribution in [0.1, 0.15) is 29.6 Å². The number of unbranched alkanes of at least 4 members (excludes halogenated alkanes) is 2. The van der Waals surface area contributed by atoms with Gasteiger partial charge >= 0.3 is 0 Å². The maximum atomic E-state index is 11.5. The molecule has 3 heteroatoms. The number of alkyl halides is 1. The molecule has 0 radical (unpaired) electrons. The standard InChI is InChI=1S/C12H16ClNO/c13-9-5-2-6-10-14-12(15)11-7-3-1-4-8-11/h1,3-4,7-8H,2,5-6,9-10H2,(H,14,15). The highest BCUT2D eigenvalue weighted by atomic mass is 35.5. The van der Waals surface area contributed by atoms with E-state index < -0.39 is 0 Å². The number of carbonyl (C=O) groups excluding carboxylic acids is 1. The van der Waals surface area contributed by atoms with Crippen molar-refractivity contribution in [2.24, 2.45) is 0 Å². The topological polar surface area (TPSA) is 29.1 Å². The molecule has 0 aliphatic carbocycles. The zero-order valence-corrected chi connectivity index (χ0v) is 9.46. The molecule has 2 nitrogen and oxygen atoms in total. The van der Waals surface area contributed by atoms with E-state index in [9.17, 15) is 4.79 Å². The van der Waals surface area contributed by atoms with Crippen LogP contribution < -0.4 is 5.32 Å².